The van der Waals surface area contributed by atoms with Gasteiger partial charge in [-0.2, -0.15) is 0 Å². The molecule has 1 heterocycles. The fraction of sp³-hybridized carbons (Fsp3) is 0. The Kier molecular flexibility index (Phi) is 5.06. The first-order chi connectivity index (χ1) is 14.3. The van der Waals surface area contributed by atoms with Crippen LogP contribution in [0.4, 0.5) is 11.4 Å². The van der Waals surface area contributed by atoms with Crippen molar-refractivity contribution < 1.29 is 13.2 Å². The Balaban J connectivity index is 1.56. The summed E-state index contributed by atoms with van der Waals surface area (Å²) in [7, 11) is -3.90. The third-order valence-corrected chi connectivity index (χ3v) is 5.91. The molecule has 0 saturated heterocycles. The number of halogens is 1. The van der Waals surface area contributed by atoms with Crippen LogP contribution in [0.2, 0.25) is 5.02 Å². The standard InChI is InChI=1S/C20H15ClN4O4S/c21-13-4-6-14(7-5-13)25-30(28,29)16-3-1-2-12(10-16)19(26)22-15-8-9-17-18(11-15)24-20(27)23-17/h1-11,25H,(H,22,26)(H2,23,24,27). The SMILES string of the molecule is O=C(Nc1ccc2[nH]c(=O)[nH]c2c1)c1cccc(S(=O)(=O)Nc2ccc(Cl)cc2)c1. The molecule has 3 aromatic carbocycles. The van der Waals surface area contributed by atoms with Crippen molar-refractivity contribution in [3.63, 3.8) is 0 Å². The fourth-order valence-electron chi connectivity index (χ4n) is 2.85. The summed E-state index contributed by atoms with van der Waals surface area (Å²) in [6.07, 6.45) is 0. The van der Waals surface area contributed by atoms with Crippen LogP contribution in [0, 0.1) is 0 Å². The van der Waals surface area contributed by atoms with Gasteiger partial charge in [-0.3, -0.25) is 9.52 Å². The molecule has 0 spiro atoms. The number of aromatic nitrogens is 2. The Bertz CT molecular complexity index is 1410. The van der Waals surface area contributed by atoms with Crippen molar-refractivity contribution in [2.75, 3.05) is 10.0 Å². The maximum absolute atomic E-state index is 12.7. The van der Waals surface area contributed by atoms with Crippen molar-refractivity contribution in [3.05, 3.63) is 87.8 Å². The molecule has 0 aliphatic heterocycles. The van der Waals surface area contributed by atoms with Crippen LogP contribution < -0.4 is 15.7 Å². The van der Waals surface area contributed by atoms with E-state index in [1.54, 1.807) is 30.3 Å². The molecule has 4 rings (SSSR count). The van der Waals surface area contributed by atoms with Crippen LogP contribution in [0.25, 0.3) is 11.0 Å². The quantitative estimate of drug-likeness (QED) is 0.377. The third-order valence-electron chi connectivity index (χ3n) is 4.28. The summed E-state index contributed by atoms with van der Waals surface area (Å²) in [4.78, 5) is 29.1. The number of nitrogens with one attached hydrogen (secondary N) is 4. The number of hydrogen-bond acceptors (Lipinski definition) is 4. The van der Waals surface area contributed by atoms with E-state index in [2.05, 4.69) is 20.0 Å². The van der Waals surface area contributed by atoms with Gasteiger partial charge in [0.25, 0.3) is 15.9 Å². The number of imidazole rings is 1. The van der Waals surface area contributed by atoms with Gasteiger partial charge in [0.15, 0.2) is 0 Å². The largest absolute Gasteiger partial charge is 0.323 e. The van der Waals surface area contributed by atoms with Crippen LogP contribution in [-0.4, -0.2) is 24.3 Å². The van der Waals surface area contributed by atoms with Gasteiger partial charge in [0, 0.05) is 22.0 Å². The zero-order chi connectivity index (χ0) is 21.3. The molecule has 152 valence electrons. The van der Waals surface area contributed by atoms with Gasteiger partial charge < -0.3 is 15.3 Å². The molecule has 0 aliphatic carbocycles. The van der Waals surface area contributed by atoms with Crippen LogP contribution in [0.5, 0.6) is 0 Å². The second-order valence-corrected chi connectivity index (χ2v) is 8.55. The number of carbonyl (C=O) groups is 1. The predicted octanol–water partition coefficient (Wildman–Crippen LogP) is 3.56. The lowest BCUT2D eigenvalue weighted by Gasteiger charge is -2.10. The molecule has 8 nitrogen and oxygen atoms in total. The van der Waals surface area contributed by atoms with Crippen molar-refractivity contribution in [1.82, 2.24) is 9.97 Å². The summed E-state index contributed by atoms with van der Waals surface area (Å²) in [5.41, 5.74) is 1.77. The summed E-state index contributed by atoms with van der Waals surface area (Å²) in [5.74, 6) is -0.490. The molecule has 0 bridgehead atoms. The van der Waals surface area contributed by atoms with Crippen LogP contribution in [-0.2, 0) is 10.0 Å². The Morgan fingerprint density at radius 1 is 0.867 bits per heavy atom. The van der Waals surface area contributed by atoms with E-state index in [9.17, 15) is 18.0 Å². The monoisotopic (exact) mass is 442 g/mol. The molecule has 0 fully saturated rings. The maximum Gasteiger partial charge on any atom is 0.323 e. The average Bonchev–Trinajstić information content (AvgIpc) is 3.09. The molecular formula is C20H15ClN4O4S. The van der Waals surface area contributed by atoms with E-state index < -0.39 is 15.9 Å². The molecule has 0 saturated carbocycles. The number of carbonyl (C=O) groups excluding carboxylic acids is 1. The van der Waals surface area contributed by atoms with Crippen LogP contribution in [0.15, 0.2) is 76.4 Å². The Hall–Kier alpha value is -3.56. The van der Waals surface area contributed by atoms with E-state index in [-0.39, 0.29) is 16.1 Å². The predicted molar refractivity (Wildman–Crippen MR) is 116 cm³/mol. The number of fused-ring (bicyclic) bond motifs is 1. The minimum atomic E-state index is -3.90. The summed E-state index contributed by atoms with van der Waals surface area (Å²) in [6.45, 7) is 0. The number of anilines is 2. The molecule has 0 atom stereocenters. The number of hydrogen-bond donors (Lipinski definition) is 4. The molecule has 10 heteroatoms. The highest BCUT2D eigenvalue weighted by atomic mass is 35.5. The number of amides is 1. The van der Waals surface area contributed by atoms with Gasteiger partial charge in [0.05, 0.1) is 15.9 Å². The highest BCUT2D eigenvalue weighted by Gasteiger charge is 2.17. The van der Waals surface area contributed by atoms with Crippen LogP contribution >= 0.6 is 11.6 Å². The van der Waals surface area contributed by atoms with Gasteiger partial charge in [-0.1, -0.05) is 17.7 Å². The first-order valence-electron chi connectivity index (χ1n) is 8.72. The van der Waals surface area contributed by atoms with Gasteiger partial charge in [-0.25, -0.2) is 13.2 Å². The molecular weight excluding hydrogens is 428 g/mol. The van der Waals surface area contributed by atoms with Crippen LogP contribution in [0.3, 0.4) is 0 Å². The summed E-state index contributed by atoms with van der Waals surface area (Å²) < 4.78 is 27.8. The van der Waals surface area contributed by atoms with E-state index in [0.717, 1.165) is 0 Å². The fourth-order valence-corrected chi connectivity index (χ4v) is 4.08. The van der Waals surface area contributed by atoms with E-state index >= 15 is 0 Å². The number of aromatic amines is 2. The number of benzene rings is 3. The van der Waals surface area contributed by atoms with Gasteiger partial charge >= 0.3 is 5.69 Å². The lowest BCUT2D eigenvalue weighted by molar-refractivity contribution is 0.102. The van der Waals surface area contributed by atoms with Crippen molar-refractivity contribution in [2.24, 2.45) is 0 Å². The molecule has 1 amide bonds. The van der Waals surface area contributed by atoms with Crippen molar-refractivity contribution >= 4 is 49.9 Å². The van der Waals surface area contributed by atoms with Gasteiger partial charge in [0.1, 0.15) is 0 Å². The Morgan fingerprint density at radius 2 is 1.57 bits per heavy atom. The van der Waals surface area contributed by atoms with E-state index in [4.69, 9.17) is 11.6 Å². The molecule has 4 aromatic rings. The lowest BCUT2D eigenvalue weighted by atomic mass is 10.2. The summed E-state index contributed by atoms with van der Waals surface area (Å²) in [5, 5.41) is 3.17. The highest BCUT2D eigenvalue weighted by Crippen LogP contribution is 2.20. The smallest absolute Gasteiger partial charge is 0.322 e. The average molecular weight is 443 g/mol. The van der Waals surface area contributed by atoms with Gasteiger partial charge in [0.2, 0.25) is 0 Å². The number of sulfonamides is 1. The Morgan fingerprint density at radius 3 is 2.33 bits per heavy atom. The second kappa shape index (κ2) is 7.69. The molecule has 4 N–H and O–H groups in total. The second-order valence-electron chi connectivity index (χ2n) is 6.43. The molecule has 0 radical (unpaired) electrons. The van der Waals surface area contributed by atoms with Gasteiger partial charge in [-0.15, -0.1) is 0 Å². The lowest BCUT2D eigenvalue weighted by Crippen LogP contribution is -2.16. The van der Waals surface area contributed by atoms with E-state index in [1.807, 2.05) is 0 Å². The first-order valence-corrected chi connectivity index (χ1v) is 10.6. The molecule has 1 aromatic heterocycles. The van der Waals surface area contributed by atoms with Crippen molar-refractivity contribution in [2.45, 2.75) is 4.90 Å². The Labute approximate surface area is 176 Å². The minimum Gasteiger partial charge on any atom is -0.322 e. The topological polar surface area (TPSA) is 124 Å². The summed E-state index contributed by atoms with van der Waals surface area (Å²) in [6, 6.07) is 16.8. The number of H-pyrrole nitrogens is 2. The highest BCUT2D eigenvalue weighted by molar-refractivity contribution is 7.92. The molecule has 30 heavy (non-hydrogen) atoms. The van der Waals surface area contributed by atoms with E-state index in [1.165, 1.54) is 36.4 Å². The maximum atomic E-state index is 12.7. The van der Waals surface area contributed by atoms with Crippen LogP contribution in [0.1, 0.15) is 10.4 Å². The minimum absolute atomic E-state index is 0.0597. The zero-order valence-corrected chi connectivity index (χ0v) is 16.8. The first kappa shape index (κ1) is 19.7. The van der Waals surface area contributed by atoms with Crippen molar-refractivity contribution in [3.8, 4) is 0 Å². The van der Waals surface area contributed by atoms with Crippen molar-refractivity contribution in [1.29, 1.82) is 0 Å². The third kappa shape index (κ3) is 4.22. The summed E-state index contributed by atoms with van der Waals surface area (Å²) >= 11 is 5.81. The molecule has 0 aliphatic rings. The number of rotatable bonds is 5. The van der Waals surface area contributed by atoms with Gasteiger partial charge in [-0.05, 0) is 60.7 Å². The van der Waals surface area contributed by atoms with E-state index in [0.29, 0.717) is 27.4 Å². The normalized spacial score (nSPS) is 11.4. The molecule has 0 unspecified atom stereocenters. The zero-order valence-electron chi connectivity index (χ0n) is 15.3.